The maximum atomic E-state index is 11.9. The van der Waals surface area contributed by atoms with Gasteiger partial charge in [0.25, 0.3) is 5.91 Å². The molecule has 0 aliphatic carbocycles. The fraction of sp³-hybridized carbons (Fsp3) is 0.429. The van der Waals surface area contributed by atoms with Gasteiger partial charge in [-0.15, -0.1) is 0 Å². The molecule has 0 heterocycles. The van der Waals surface area contributed by atoms with E-state index in [1.807, 2.05) is 0 Å². The van der Waals surface area contributed by atoms with Crippen molar-refractivity contribution >= 4 is 17.6 Å². The summed E-state index contributed by atoms with van der Waals surface area (Å²) in [5, 5.41) is 2.71. The van der Waals surface area contributed by atoms with E-state index >= 15 is 0 Å². The van der Waals surface area contributed by atoms with E-state index in [-0.39, 0.29) is 18.3 Å². The van der Waals surface area contributed by atoms with Crippen LogP contribution in [0.1, 0.15) is 30.1 Å². The normalized spacial score (nSPS) is 9.90. The summed E-state index contributed by atoms with van der Waals surface area (Å²) in [7, 11) is 1.52. The second-order valence-electron chi connectivity index (χ2n) is 4.12. The Balaban J connectivity index is 2.45. The molecule has 20 heavy (non-hydrogen) atoms. The molecule has 0 aliphatic heterocycles. The van der Waals surface area contributed by atoms with Crippen molar-refractivity contribution in [2.75, 3.05) is 26.0 Å². The van der Waals surface area contributed by atoms with E-state index in [9.17, 15) is 9.59 Å². The van der Waals surface area contributed by atoms with Crippen molar-refractivity contribution in [2.24, 2.45) is 0 Å². The van der Waals surface area contributed by atoms with Crippen LogP contribution < -0.4 is 15.8 Å². The minimum Gasteiger partial charge on any atom is -0.497 e. The molecule has 0 saturated carbocycles. The average Bonchev–Trinajstić information content (AvgIpc) is 2.44. The second kappa shape index (κ2) is 8.04. The van der Waals surface area contributed by atoms with Crippen molar-refractivity contribution in [3.63, 3.8) is 0 Å². The van der Waals surface area contributed by atoms with Crippen LogP contribution in [0.3, 0.4) is 0 Å². The van der Waals surface area contributed by atoms with Crippen molar-refractivity contribution in [1.82, 2.24) is 5.32 Å². The number of nitrogen functional groups attached to an aromatic ring is 1. The lowest BCUT2D eigenvalue weighted by Crippen LogP contribution is -2.26. The molecule has 0 spiro atoms. The van der Waals surface area contributed by atoms with Gasteiger partial charge in [0.1, 0.15) is 5.75 Å². The quantitative estimate of drug-likeness (QED) is 0.447. The predicted molar refractivity (Wildman–Crippen MR) is 75.6 cm³/mol. The van der Waals surface area contributed by atoms with Crippen LogP contribution in [-0.2, 0) is 9.53 Å². The number of esters is 1. The van der Waals surface area contributed by atoms with E-state index in [0.29, 0.717) is 36.6 Å². The van der Waals surface area contributed by atoms with Crippen LogP contribution in [0.2, 0.25) is 0 Å². The first kappa shape index (κ1) is 15.8. The van der Waals surface area contributed by atoms with Crippen molar-refractivity contribution in [2.45, 2.75) is 19.8 Å². The molecule has 6 nitrogen and oxygen atoms in total. The smallest absolute Gasteiger partial charge is 0.305 e. The number of hydrogen-bond donors (Lipinski definition) is 2. The molecule has 110 valence electrons. The average molecular weight is 280 g/mol. The van der Waals surface area contributed by atoms with E-state index in [0.717, 1.165) is 0 Å². The molecule has 0 aromatic heterocycles. The largest absolute Gasteiger partial charge is 0.497 e. The molecule has 3 N–H and O–H groups in total. The van der Waals surface area contributed by atoms with Gasteiger partial charge >= 0.3 is 5.97 Å². The highest BCUT2D eigenvalue weighted by molar-refractivity contribution is 5.99. The first-order chi connectivity index (χ1) is 9.58. The third-order valence-electron chi connectivity index (χ3n) is 2.65. The number of anilines is 1. The summed E-state index contributed by atoms with van der Waals surface area (Å²) in [6.45, 7) is 2.51. The van der Waals surface area contributed by atoms with Crippen LogP contribution in [0.15, 0.2) is 18.2 Å². The molecule has 6 heteroatoms. The Morgan fingerprint density at radius 2 is 2.10 bits per heavy atom. The molecule has 1 aromatic rings. The summed E-state index contributed by atoms with van der Waals surface area (Å²) in [6.07, 6.45) is 0.802. The summed E-state index contributed by atoms with van der Waals surface area (Å²) in [5.74, 6) is 0.0174. The molecule has 1 aromatic carbocycles. The number of ether oxygens (including phenoxy) is 2. The molecule has 1 amide bonds. The summed E-state index contributed by atoms with van der Waals surface area (Å²) in [5.41, 5.74) is 6.49. The molecule has 0 fully saturated rings. The third-order valence-corrected chi connectivity index (χ3v) is 2.65. The predicted octanol–water partition coefficient (Wildman–Crippen LogP) is 1.35. The van der Waals surface area contributed by atoms with E-state index in [2.05, 4.69) is 5.32 Å². The van der Waals surface area contributed by atoms with Crippen molar-refractivity contribution in [3.05, 3.63) is 23.8 Å². The van der Waals surface area contributed by atoms with Gasteiger partial charge < -0.3 is 20.5 Å². The molecule has 0 saturated heterocycles. The fourth-order valence-corrected chi connectivity index (χ4v) is 1.62. The highest BCUT2D eigenvalue weighted by Crippen LogP contribution is 2.19. The van der Waals surface area contributed by atoms with Crippen LogP contribution >= 0.6 is 0 Å². The summed E-state index contributed by atoms with van der Waals surface area (Å²) < 4.78 is 9.84. The molecule has 0 bridgehead atoms. The van der Waals surface area contributed by atoms with Crippen molar-refractivity contribution in [1.29, 1.82) is 0 Å². The zero-order chi connectivity index (χ0) is 15.0. The Hall–Kier alpha value is -2.24. The highest BCUT2D eigenvalue weighted by atomic mass is 16.5. The lowest BCUT2D eigenvalue weighted by Gasteiger charge is -2.09. The number of carbonyl (C=O) groups excluding carboxylic acids is 2. The summed E-state index contributed by atoms with van der Waals surface area (Å²) in [4.78, 5) is 23.1. The van der Waals surface area contributed by atoms with Crippen LogP contribution in [0.4, 0.5) is 5.69 Å². The van der Waals surface area contributed by atoms with Gasteiger partial charge in [-0.25, -0.2) is 0 Å². The molecule has 0 unspecified atom stereocenters. The number of benzene rings is 1. The standard InChI is InChI=1S/C14H20N2O4/c1-3-20-13(17)5-4-8-16-14(18)11-9-10(19-2)6-7-12(11)15/h6-7,9H,3-5,8,15H2,1-2H3,(H,16,18). The van der Waals surface area contributed by atoms with Crippen LogP contribution in [0.25, 0.3) is 0 Å². The van der Waals surface area contributed by atoms with Gasteiger partial charge in [-0.3, -0.25) is 9.59 Å². The molecule has 0 radical (unpaired) electrons. The monoisotopic (exact) mass is 280 g/mol. The first-order valence-corrected chi connectivity index (χ1v) is 6.45. The van der Waals surface area contributed by atoms with Crippen molar-refractivity contribution in [3.8, 4) is 5.75 Å². The van der Waals surface area contributed by atoms with Crippen molar-refractivity contribution < 1.29 is 19.1 Å². The third kappa shape index (κ3) is 4.79. The van der Waals surface area contributed by atoms with Crippen LogP contribution in [0.5, 0.6) is 5.75 Å². The van der Waals surface area contributed by atoms with Gasteiger partial charge in [-0.05, 0) is 31.5 Å². The van der Waals surface area contributed by atoms with Gasteiger partial charge in [0.05, 0.1) is 19.3 Å². The Bertz CT molecular complexity index is 474. The Labute approximate surface area is 118 Å². The van der Waals surface area contributed by atoms with Gasteiger partial charge in [-0.1, -0.05) is 0 Å². The number of carbonyl (C=O) groups is 2. The Morgan fingerprint density at radius 1 is 1.35 bits per heavy atom. The second-order valence-corrected chi connectivity index (χ2v) is 4.12. The van der Waals surface area contributed by atoms with Gasteiger partial charge in [-0.2, -0.15) is 0 Å². The van der Waals surface area contributed by atoms with Crippen LogP contribution in [0, 0.1) is 0 Å². The number of hydrogen-bond acceptors (Lipinski definition) is 5. The molecule has 0 aliphatic rings. The van der Waals surface area contributed by atoms with E-state index in [1.165, 1.54) is 7.11 Å². The summed E-state index contributed by atoms with van der Waals surface area (Å²) >= 11 is 0. The zero-order valence-corrected chi connectivity index (χ0v) is 11.8. The Morgan fingerprint density at radius 3 is 2.75 bits per heavy atom. The first-order valence-electron chi connectivity index (χ1n) is 6.45. The molecular formula is C14H20N2O4. The summed E-state index contributed by atoms with van der Waals surface area (Å²) in [6, 6.07) is 4.88. The van der Waals surface area contributed by atoms with E-state index in [1.54, 1.807) is 25.1 Å². The van der Waals surface area contributed by atoms with Gasteiger partial charge in [0, 0.05) is 18.7 Å². The van der Waals surface area contributed by atoms with Crippen LogP contribution in [-0.4, -0.2) is 32.1 Å². The number of nitrogens with one attached hydrogen (secondary N) is 1. The SMILES string of the molecule is CCOC(=O)CCCNC(=O)c1cc(OC)ccc1N. The minimum absolute atomic E-state index is 0.261. The minimum atomic E-state index is -0.287. The maximum Gasteiger partial charge on any atom is 0.305 e. The molecule has 1 rings (SSSR count). The number of rotatable bonds is 7. The maximum absolute atomic E-state index is 11.9. The number of methoxy groups -OCH3 is 1. The van der Waals surface area contributed by atoms with E-state index < -0.39 is 0 Å². The fourth-order valence-electron chi connectivity index (χ4n) is 1.62. The lowest BCUT2D eigenvalue weighted by atomic mass is 10.1. The van der Waals surface area contributed by atoms with E-state index in [4.69, 9.17) is 15.2 Å². The highest BCUT2D eigenvalue weighted by Gasteiger charge is 2.11. The lowest BCUT2D eigenvalue weighted by molar-refractivity contribution is -0.143. The number of nitrogens with two attached hydrogens (primary N) is 1. The Kier molecular flexibility index (Phi) is 6.36. The molecular weight excluding hydrogens is 260 g/mol. The van der Waals surface area contributed by atoms with Gasteiger partial charge in [0.2, 0.25) is 0 Å². The zero-order valence-electron chi connectivity index (χ0n) is 11.8. The van der Waals surface area contributed by atoms with Gasteiger partial charge in [0.15, 0.2) is 0 Å². The topological polar surface area (TPSA) is 90.6 Å². The molecule has 0 atom stereocenters. The number of amides is 1.